The van der Waals surface area contributed by atoms with Gasteiger partial charge in [-0.1, -0.05) is 36.4 Å². The zero-order chi connectivity index (χ0) is 38.7. The highest BCUT2D eigenvalue weighted by molar-refractivity contribution is 6.27. The monoisotopic (exact) mass is 731 g/mol. The lowest BCUT2D eigenvalue weighted by Gasteiger charge is -2.50. The van der Waals surface area contributed by atoms with Crippen LogP contribution in [0.5, 0.6) is 5.75 Å². The number of nitrogens with zero attached hydrogens (tertiary/aromatic N) is 2. The van der Waals surface area contributed by atoms with Gasteiger partial charge in [0.15, 0.2) is 23.0 Å². The van der Waals surface area contributed by atoms with Gasteiger partial charge >= 0.3 is 0 Å². The summed E-state index contributed by atoms with van der Waals surface area (Å²) >= 11 is 0. The molecule has 1 saturated carbocycles. The first kappa shape index (κ1) is 34.8. The molecule has 0 saturated heterocycles. The van der Waals surface area contributed by atoms with Crippen LogP contribution in [0.25, 0.3) is 5.76 Å². The van der Waals surface area contributed by atoms with Crippen LogP contribution in [0, 0.1) is 17.8 Å². The molecule has 1 fully saturated rings. The van der Waals surface area contributed by atoms with Gasteiger partial charge in [0.1, 0.15) is 22.8 Å². The molecule has 3 aromatic rings. The summed E-state index contributed by atoms with van der Waals surface area (Å²) in [4.78, 5) is 96.5. The lowest BCUT2D eigenvalue weighted by atomic mass is 9.57. The third-order valence-electron chi connectivity index (χ3n) is 11.6. The number of carbonyl (C=O) groups is 7. The number of phenols is 1. The van der Waals surface area contributed by atoms with Crippen molar-refractivity contribution in [1.29, 1.82) is 0 Å². The third-order valence-corrected chi connectivity index (χ3v) is 11.6. The minimum Gasteiger partial charge on any atom is -0.508 e. The molecule has 0 bridgehead atoms. The van der Waals surface area contributed by atoms with Gasteiger partial charge in [-0.15, -0.1) is 0 Å². The number of likely N-dealkylation sites (N-methyl/N-ethyl adjacent to an activating group) is 1. The van der Waals surface area contributed by atoms with Crippen LogP contribution in [0.15, 0.2) is 71.5 Å². The summed E-state index contributed by atoms with van der Waals surface area (Å²) in [5.41, 5.74) is 2.24. The van der Waals surface area contributed by atoms with Crippen molar-refractivity contribution in [2.45, 2.75) is 37.5 Å². The molecule has 8 rings (SSSR count). The van der Waals surface area contributed by atoms with Crippen LogP contribution >= 0.6 is 0 Å². The number of aromatic hydroxyl groups is 1. The summed E-state index contributed by atoms with van der Waals surface area (Å²) in [6, 6.07) is 12.7. The fraction of sp³-hybridized carbons (Fsp3) is 0.275. The van der Waals surface area contributed by atoms with Crippen LogP contribution in [0.3, 0.4) is 0 Å². The van der Waals surface area contributed by atoms with E-state index < -0.39 is 105 Å². The standard InChI is InChI=1S/C40H33N3O11/c1-42(2)29-25-14-17-13-23-16(12-24-31(45)19-7-3-4-8-20(19)32(24)46)11-18(15-43-38(52)21-9-5-6-10-22(21)39(43)53)30(44)27(23)33(47)26(17)35(49)40(25,54)36(50)28(34(29)48)37(41)51/h3-11,17,24-25,29,44,47,50,54H,12-15H2,1-2H3,(H2,41,51)/t17-,25-,29-,40-/m0/s1. The minimum atomic E-state index is -2.87. The predicted octanol–water partition coefficient (Wildman–Crippen LogP) is 2.00. The Balaban J connectivity index is 1.29. The van der Waals surface area contributed by atoms with Gasteiger partial charge in [-0.3, -0.25) is 43.4 Å². The van der Waals surface area contributed by atoms with E-state index in [0.29, 0.717) is 5.56 Å². The van der Waals surface area contributed by atoms with E-state index in [9.17, 15) is 54.0 Å². The van der Waals surface area contributed by atoms with Gasteiger partial charge < -0.3 is 26.2 Å². The number of ketones is 4. The summed E-state index contributed by atoms with van der Waals surface area (Å²) in [6.07, 6.45) is -0.465. The smallest absolute Gasteiger partial charge is 0.261 e. The van der Waals surface area contributed by atoms with Crippen molar-refractivity contribution in [3.8, 4) is 5.75 Å². The van der Waals surface area contributed by atoms with Crippen molar-refractivity contribution < 1.29 is 54.0 Å². The lowest BCUT2D eigenvalue weighted by Crippen LogP contribution is -2.65. The Bertz CT molecular complexity index is 2340. The van der Waals surface area contributed by atoms with E-state index in [1.165, 1.54) is 37.2 Å². The quantitative estimate of drug-likeness (QED) is 0.139. The van der Waals surface area contributed by atoms with E-state index in [0.717, 1.165) is 4.90 Å². The van der Waals surface area contributed by atoms with Gasteiger partial charge in [0.2, 0.25) is 5.78 Å². The number of benzene rings is 3. The van der Waals surface area contributed by atoms with Gasteiger partial charge in [0.25, 0.3) is 17.7 Å². The summed E-state index contributed by atoms with van der Waals surface area (Å²) in [5.74, 6) is -11.7. The number of rotatable bonds is 6. The summed E-state index contributed by atoms with van der Waals surface area (Å²) in [6.45, 7) is -0.491. The molecular formula is C40H33N3O11. The Morgan fingerprint density at radius 3 is 1.94 bits per heavy atom. The first-order valence-electron chi connectivity index (χ1n) is 17.2. The largest absolute Gasteiger partial charge is 0.508 e. The average Bonchev–Trinajstić information content (AvgIpc) is 3.51. The first-order valence-corrected chi connectivity index (χ1v) is 17.2. The van der Waals surface area contributed by atoms with Crippen LogP contribution in [0.4, 0.5) is 0 Å². The maximum absolute atomic E-state index is 14.4. The number of amides is 3. The number of hydrogen-bond acceptors (Lipinski definition) is 12. The van der Waals surface area contributed by atoms with Crippen molar-refractivity contribution in [2.24, 2.45) is 23.5 Å². The average molecular weight is 732 g/mol. The van der Waals surface area contributed by atoms with Crippen LogP contribution in [0.2, 0.25) is 0 Å². The lowest BCUT2D eigenvalue weighted by molar-refractivity contribution is -0.153. The topological polar surface area (TPSA) is 233 Å². The predicted molar refractivity (Wildman–Crippen MR) is 187 cm³/mol. The molecule has 4 aliphatic carbocycles. The fourth-order valence-electron chi connectivity index (χ4n) is 9.12. The number of carbonyl (C=O) groups excluding carboxylic acids is 7. The van der Waals surface area contributed by atoms with Crippen LogP contribution in [-0.2, 0) is 33.8 Å². The maximum atomic E-state index is 14.4. The Kier molecular flexibility index (Phi) is 7.66. The molecule has 3 aromatic carbocycles. The Morgan fingerprint density at radius 2 is 1.41 bits per heavy atom. The van der Waals surface area contributed by atoms with Crippen LogP contribution in [0.1, 0.15) is 70.1 Å². The van der Waals surface area contributed by atoms with Gasteiger partial charge in [-0.05, 0) is 68.6 Å². The second-order valence-corrected chi connectivity index (χ2v) is 14.6. The molecule has 0 aromatic heterocycles. The Morgan fingerprint density at radius 1 is 0.852 bits per heavy atom. The number of hydrogen-bond donors (Lipinski definition) is 5. The van der Waals surface area contributed by atoms with Crippen LogP contribution < -0.4 is 5.73 Å². The van der Waals surface area contributed by atoms with E-state index >= 15 is 0 Å². The molecule has 0 radical (unpaired) electrons. The number of fused-ring (bicyclic) bond motifs is 5. The van der Waals surface area contributed by atoms with E-state index in [1.807, 2.05) is 0 Å². The minimum absolute atomic E-state index is 0.0474. The Labute approximate surface area is 306 Å². The third kappa shape index (κ3) is 4.56. The Hall–Kier alpha value is -6.25. The number of Topliss-reactive ketones (excluding diaryl/α,β-unsaturated/α-hetero) is 4. The molecule has 1 heterocycles. The van der Waals surface area contributed by atoms with Crippen molar-refractivity contribution in [3.63, 3.8) is 0 Å². The number of phenolic OH excluding ortho intramolecular Hbond substituents is 1. The number of aliphatic hydroxyl groups is 3. The first-order chi connectivity index (χ1) is 25.6. The molecule has 6 N–H and O–H groups in total. The van der Waals surface area contributed by atoms with Crippen molar-refractivity contribution in [3.05, 3.63) is 116 Å². The normalized spacial score (nSPS) is 25.0. The molecule has 1 aliphatic heterocycles. The molecule has 5 aliphatic rings. The number of aliphatic hydroxyl groups excluding tert-OH is 2. The molecule has 0 spiro atoms. The molecule has 3 amide bonds. The highest BCUT2D eigenvalue weighted by Crippen LogP contribution is 2.54. The van der Waals surface area contributed by atoms with Gasteiger partial charge in [-0.2, -0.15) is 0 Å². The molecule has 4 atom stereocenters. The second-order valence-electron chi connectivity index (χ2n) is 14.6. The van der Waals surface area contributed by atoms with Crippen LogP contribution in [-0.4, -0.2) is 96.8 Å². The van der Waals surface area contributed by atoms with Gasteiger partial charge in [0, 0.05) is 28.2 Å². The van der Waals surface area contributed by atoms with Crippen molar-refractivity contribution in [1.82, 2.24) is 9.80 Å². The molecule has 54 heavy (non-hydrogen) atoms. The summed E-state index contributed by atoms with van der Waals surface area (Å²) in [5, 5.41) is 47.1. The highest BCUT2D eigenvalue weighted by Gasteiger charge is 2.64. The number of imide groups is 1. The van der Waals surface area contributed by atoms with Crippen molar-refractivity contribution >= 4 is 46.6 Å². The SMILES string of the molecule is CN(C)[C@@H]1C(=O)C(C(N)=O)=C(O)[C@@]2(O)C(=O)C3=C(O)c4c(O)c(CN5C(=O)c6ccccc6C5=O)cc(CC5C(=O)c6ccccc6C5=O)c4C[C@H]3C[C@@H]12. The van der Waals surface area contributed by atoms with E-state index in [-0.39, 0.29) is 58.2 Å². The second kappa shape index (κ2) is 11.9. The summed E-state index contributed by atoms with van der Waals surface area (Å²) < 4.78 is 0. The van der Waals surface area contributed by atoms with Crippen molar-refractivity contribution in [2.75, 3.05) is 14.1 Å². The molecule has 14 nitrogen and oxygen atoms in total. The van der Waals surface area contributed by atoms with E-state index in [4.69, 9.17) is 5.73 Å². The van der Waals surface area contributed by atoms with Gasteiger partial charge in [0.05, 0.1) is 35.2 Å². The molecule has 0 unspecified atom stereocenters. The zero-order valence-corrected chi connectivity index (χ0v) is 29.0. The maximum Gasteiger partial charge on any atom is 0.261 e. The molecule has 14 heteroatoms. The highest BCUT2D eigenvalue weighted by atomic mass is 16.3. The fourth-order valence-corrected chi connectivity index (χ4v) is 9.12. The molecule has 274 valence electrons. The summed E-state index contributed by atoms with van der Waals surface area (Å²) in [7, 11) is 2.99. The molecular weight excluding hydrogens is 698 g/mol. The van der Waals surface area contributed by atoms with E-state index in [1.54, 1.807) is 36.4 Å². The van der Waals surface area contributed by atoms with E-state index in [2.05, 4.69) is 0 Å². The van der Waals surface area contributed by atoms with Gasteiger partial charge in [-0.25, -0.2) is 0 Å². The zero-order valence-electron chi connectivity index (χ0n) is 29.0. The number of nitrogens with two attached hydrogens (primary N) is 1. The number of primary amides is 1.